The Kier molecular flexibility index (Phi) is 14.8. The quantitative estimate of drug-likeness (QED) is 0.202. The summed E-state index contributed by atoms with van der Waals surface area (Å²) in [6, 6.07) is 30.7. The summed E-state index contributed by atoms with van der Waals surface area (Å²) < 4.78 is 34.0. The van der Waals surface area contributed by atoms with E-state index in [-0.39, 0.29) is 22.8 Å². The zero-order valence-electron chi connectivity index (χ0n) is 22.8. The molecule has 3 aromatic carbocycles. The molecule has 0 saturated carbocycles. The summed E-state index contributed by atoms with van der Waals surface area (Å²) in [6.07, 6.45) is 5.20. The van der Waals surface area contributed by atoms with Crippen LogP contribution in [0.2, 0.25) is 5.02 Å². The van der Waals surface area contributed by atoms with Crippen LogP contribution in [0.4, 0.5) is 5.69 Å². The standard InChI is InChI=1S/C19H14ClNOS.C12H12N2.ClHO4.Cu/c20-15-10-11-18(22)14(12-15)13-21-17-8-4-5-9-19(17)23-16-6-2-1-3-7-16;1-9-3-5-13-11(7-9)12-8-10(2)4-6-14-12;2-1(3,4)5;/h1-13,22H;3-8H,1-2H3;(H,2,3,4,5);/q;;;+2/p-2. The molecule has 5 aromatic rings. The van der Waals surface area contributed by atoms with Crippen molar-refractivity contribution < 1.29 is 51.1 Å². The van der Waals surface area contributed by atoms with Crippen LogP contribution in [0.1, 0.15) is 16.7 Å². The van der Waals surface area contributed by atoms with Crippen molar-refractivity contribution in [1.29, 1.82) is 0 Å². The molecule has 2 aromatic heterocycles. The number of para-hydroxylation sites is 1. The van der Waals surface area contributed by atoms with E-state index in [1.165, 1.54) is 17.2 Å². The fourth-order valence-corrected chi connectivity index (χ4v) is 4.48. The summed E-state index contributed by atoms with van der Waals surface area (Å²) in [6.45, 7) is 4.11. The molecule has 0 atom stereocenters. The van der Waals surface area contributed by atoms with Gasteiger partial charge in [0.15, 0.2) is 0 Å². The SMILES string of the molecule is Cc1ccnc(-c2cc(C)ccn2)c1.[Cu+2].[O-][Cl+3]([O-])([O-])[O-].[O-]c1ccc(Cl)cc1C=Nc1ccccc1Sc1ccccc1. The monoisotopic (exact) mass is 684 g/mol. The zero-order chi connectivity index (χ0) is 30.5. The van der Waals surface area contributed by atoms with Gasteiger partial charge in [-0.1, -0.05) is 65.5 Å². The van der Waals surface area contributed by atoms with Crippen LogP contribution in [0, 0.1) is 24.1 Å². The van der Waals surface area contributed by atoms with E-state index in [0.29, 0.717) is 10.6 Å². The second-order valence-corrected chi connectivity index (χ2v) is 10.9. The van der Waals surface area contributed by atoms with Gasteiger partial charge < -0.3 is 5.11 Å². The second kappa shape index (κ2) is 17.7. The summed E-state index contributed by atoms with van der Waals surface area (Å²) in [5, 5.41) is 12.3. The maximum absolute atomic E-state index is 11.8. The predicted octanol–water partition coefficient (Wildman–Crippen LogP) is 3.32. The molecule has 0 saturated heterocycles. The van der Waals surface area contributed by atoms with Crippen LogP contribution in [0.3, 0.4) is 0 Å². The topological polar surface area (TPSA) is 153 Å². The van der Waals surface area contributed by atoms with Crippen molar-refractivity contribution in [2.75, 3.05) is 0 Å². The van der Waals surface area contributed by atoms with Crippen LogP contribution in [0.25, 0.3) is 11.4 Å². The van der Waals surface area contributed by atoms with Crippen LogP contribution in [0.5, 0.6) is 5.75 Å². The molecule has 0 bridgehead atoms. The van der Waals surface area contributed by atoms with Gasteiger partial charge in [-0.25, -0.2) is 18.6 Å². The number of rotatable bonds is 5. The summed E-state index contributed by atoms with van der Waals surface area (Å²) in [4.78, 5) is 15.2. The number of hydrogen-bond donors (Lipinski definition) is 0. The third-order valence-electron chi connectivity index (χ3n) is 5.24. The molecule has 43 heavy (non-hydrogen) atoms. The number of pyridine rings is 2. The summed E-state index contributed by atoms with van der Waals surface area (Å²) in [5.41, 5.74) is 5.59. The number of halogens is 2. The Bertz CT molecular complexity index is 1570. The van der Waals surface area contributed by atoms with Crippen molar-refractivity contribution in [3.63, 3.8) is 0 Å². The largest absolute Gasteiger partial charge is 2.00 e. The molecule has 0 aliphatic heterocycles. The van der Waals surface area contributed by atoms with E-state index < -0.39 is 10.2 Å². The van der Waals surface area contributed by atoms with Crippen LogP contribution < -0.4 is 23.7 Å². The van der Waals surface area contributed by atoms with Crippen molar-refractivity contribution in [2.45, 2.75) is 23.6 Å². The number of aromatic nitrogens is 2. The maximum atomic E-state index is 11.8. The second-order valence-electron chi connectivity index (χ2n) is 8.64. The first-order valence-corrected chi connectivity index (χ1v) is 14.7. The minimum Gasteiger partial charge on any atom is -0.872 e. The van der Waals surface area contributed by atoms with Gasteiger partial charge in [0.05, 0.1) is 17.1 Å². The molecule has 0 aliphatic carbocycles. The van der Waals surface area contributed by atoms with E-state index in [2.05, 4.69) is 40.9 Å². The molecule has 0 spiro atoms. The van der Waals surface area contributed by atoms with Gasteiger partial charge in [-0.15, -0.1) is 10.2 Å². The Labute approximate surface area is 272 Å². The third kappa shape index (κ3) is 13.7. The predicted molar refractivity (Wildman–Crippen MR) is 152 cm³/mol. The minimum atomic E-state index is -4.94. The van der Waals surface area contributed by atoms with E-state index in [1.54, 1.807) is 30.1 Å². The molecular formula is C31H25Cl2CuN3O5S. The molecule has 12 heteroatoms. The Morgan fingerprint density at radius 3 is 1.84 bits per heavy atom. The van der Waals surface area contributed by atoms with Gasteiger partial charge in [0.2, 0.25) is 0 Å². The van der Waals surface area contributed by atoms with E-state index in [9.17, 15) is 5.11 Å². The number of aliphatic imine (C=N–C) groups is 1. The van der Waals surface area contributed by atoms with Crippen molar-refractivity contribution in [3.05, 3.63) is 131 Å². The number of benzene rings is 3. The van der Waals surface area contributed by atoms with E-state index in [1.807, 2.05) is 79.1 Å². The molecule has 0 aliphatic rings. The first kappa shape index (κ1) is 35.9. The summed E-state index contributed by atoms with van der Waals surface area (Å²) >= 11 is 7.57. The van der Waals surface area contributed by atoms with Gasteiger partial charge in [-0.2, -0.15) is 0 Å². The Hall–Kier alpha value is -3.28. The number of aryl methyl sites for hydroxylation is 2. The van der Waals surface area contributed by atoms with Crippen molar-refractivity contribution >= 4 is 35.3 Å². The smallest absolute Gasteiger partial charge is 0.872 e. The molecule has 0 fully saturated rings. The number of hydrogen-bond acceptors (Lipinski definition) is 9. The van der Waals surface area contributed by atoms with E-state index in [0.717, 1.165) is 26.9 Å². The first-order chi connectivity index (χ1) is 20.0. The molecule has 2 heterocycles. The summed E-state index contributed by atoms with van der Waals surface area (Å²) in [7, 11) is -4.94. The molecule has 0 N–H and O–H groups in total. The molecule has 225 valence electrons. The minimum absolute atomic E-state index is 0. The zero-order valence-corrected chi connectivity index (χ0v) is 26.1. The van der Waals surface area contributed by atoms with Crippen molar-refractivity contribution in [2.24, 2.45) is 4.99 Å². The Morgan fingerprint density at radius 1 is 0.744 bits per heavy atom. The summed E-state index contributed by atoms with van der Waals surface area (Å²) in [5.74, 6) is -0.0913. The van der Waals surface area contributed by atoms with Crippen LogP contribution in [-0.4, -0.2) is 16.2 Å². The van der Waals surface area contributed by atoms with E-state index >= 15 is 0 Å². The Balaban J connectivity index is 0.000000275. The van der Waals surface area contributed by atoms with Gasteiger partial charge in [-0.05, 0) is 91.2 Å². The number of nitrogens with zero attached hydrogens (tertiary/aromatic N) is 3. The Morgan fingerprint density at radius 2 is 1.28 bits per heavy atom. The van der Waals surface area contributed by atoms with Gasteiger partial charge in [-0.3, -0.25) is 15.0 Å². The molecule has 8 nitrogen and oxygen atoms in total. The molecular weight excluding hydrogens is 661 g/mol. The fourth-order valence-electron chi connectivity index (χ4n) is 3.38. The van der Waals surface area contributed by atoms with Crippen molar-refractivity contribution in [1.82, 2.24) is 9.97 Å². The van der Waals surface area contributed by atoms with Crippen LogP contribution in [-0.2, 0) is 17.1 Å². The molecule has 1 radical (unpaired) electrons. The molecule has 0 amide bonds. The van der Waals surface area contributed by atoms with Crippen LogP contribution >= 0.6 is 23.4 Å². The van der Waals surface area contributed by atoms with Crippen LogP contribution in [0.15, 0.2) is 124 Å². The molecule has 0 unspecified atom stereocenters. The van der Waals surface area contributed by atoms with Crippen molar-refractivity contribution in [3.8, 4) is 17.1 Å². The van der Waals surface area contributed by atoms with Gasteiger partial charge in [0, 0.05) is 33.4 Å². The molecule has 5 rings (SSSR count). The van der Waals surface area contributed by atoms with Gasteiger partial charge in [0.1, 0.15) is 0 Å². The fraction of sp³-hybridized carbons (Fsp3) is 0.0645. The average Bonchev–Trinajstić information content (AvgIpc) is 2.94. The van der Waals surface area contributed by atoms with E-state index in [4.69, 9.17) is 30.2 Å². The maximum Gasteiger partial charge on any atom is 2.00 e. The normalized spacial score (nSPS) is 10.6. The third-order valence-corrected chi connectivity index (χ3v) is 6.55. The van der Waals surface area contributed by atoms with Gasteiger partial charge >= 0.3 is 17.1 Å². The first-order valence-electron chi connectivity index (χ1n) is 12.3. The average molecular weight is 686 g/mol. The van der Waals surface area contributed by atoms with Gasteiger partial charge in [0.25, 0.3) is 0 Å².